The molecule has 0 saturated carbocycles. The number of H-pyrrole nitrogens is 1. The molecule has 0 fully saturated rings. The van der Waals surface area contributed by atoms with Crippen LogP contribution in [0.1, 0.15) is 25.8 Å². The van der Waals surface area contributed by atoms with Gasteiger partial charge in [-0.1, -0.05) is 13.3 Å². The lowest BCUT2D eigenvalue weighted by Gasteiger charge is -2.13. The van der Waals surface area contributed by atoms with Crippen LogP contribution in [0.4, 0.5) is 5.69 Å². The van der Waals surface area contributed by atoms with Crippen LogP contribution in [0.25, 0.3) is 10.9 Å². The predicted octanol–water partition coefficient (Wildman–Crippen LogP) is 6.87. The van der Waals surface area contributed by atoms with E-state index in [0.29, 0.717) is 0 Å². The second-order valence-corrected chi connectivity index (χ2v) is 7.38. The number of ether oxygens (including phenoxy) is 1. The third-order valence-electron chi connectivity index (χ3n) is 3.86. The molecule has 2 N–H and O–H groups in total. The fraction of sp³-hybridized carbons (Fsp3) is 0.263. The smallest absolute Gasteiger partial charge is 0.155 e. The molecule has 24 heavy (non-hydrogen) atoms. The maximum Gasteiger partial charge on any atom is 0.155 e. The van der Waals surface area contributed by atoms with Crippen molar-refractivity contribution in [2.24, 2.45) is 0 Å². The molecular formula is C19H20Br2N2O. The standard InChI is InChI=1S/C19H20Br2N2O/c1-3-5-12-11-23-18-7-6-14(10-15(12)18)24-19-16(20)8-13(22-4-2)9-17(19)21/h6-11,22-23H,3-5H2,1-2H3. The number of halogens is 2. The third kappa shape index (κ3) is 3.62. The van der Waals surface area contributed by atoms with Crippen molar-refractivity contribution in [2.45, 2.75) is 26.7 Å². The molecule has 0 spiro atoms. The Balaban J connectivity index is 1.93. The van der Waals surface area contributed by atoms with Crippen molar-refractivity contribution >= 4 is 48.5 Å². The Hall–Kier alpha value is -1.46. The summed E-state index contributed by atoms with van der Waals surface area (Å²) in [5, 5.41) is 4.53. The van der Waals surface area contributed by atoms with Gasteiger partial charge in [-0.25, -0.2) is 0 Å². The van der Waals surface area contributed by atoms with E-state index < -0.39 is 0 Å². The molecule has 126 valence electrons. The van der Waals surface area contributed by atoms with Crippen molar-refractivity contribution in [2.75, 3.05) is 11.9 Å². The van der Waals surface area contributed by atoms with E-state index in [9.17, 15) is 0 Å². The number of nitrogens with one attached hydrogen (secondary N) is 2. The first-order valence-corrected chi connectivity index (χ1v) is 9.71. The van der Waals surface area contributed by atoms with Gasteiger partial charge in [0.25, 0.3) is 0 Å². The van der Waals surface area contributed by atoms with Gasteiger partial charge in [0.2, 0.25) is 0 Å². The first-order chi connectivity index (χ1) is 11.6. The average molecular weight is 452 g/mol. The van der Waals surface area contributed by atoms with Crippen LogP contribution < -0.4 is 10.1 Å². The van der Waals surface area contributed by atoms with E-state index in [1.54, 1.807) is 0 Å². The molecular weight excluding hydrogens is 432 g/mol. The van der Waals surface area contributed by atoms with Crippen molar-refractivity contribution in [3.63, 3.8) is 0 Å². The Kier molecular flexibility index (Phi) is 5.51. The molecule has 1 heterocycles. The van der Waals surface area contributed by atoms with E-state index in [-0.39, 0.29) is 0 Å². The topological polar surface area (TPSA) is 37.0 Å². The van der Waals surface area contributed by atoms with Gasteiger partial charge in [0, 0.05) is 29.3 Å². The highest BCUT2D eigenvalue weighted by Gasteiger charge is 2.11. The molecule has 0 saturated heterocycles. The maximum absolute atomic E-state index is 6.15. The fourth-order valence-electron chi connectivity index (χ4n) is 2.78. The summed E-state index contributed by atoms with van der Waals surface area (Å²) < 4.78 is 7.97. The molecule has 0 radical (unpaired) electrons. The van der Waals surface area contributed by atoms with E-state index in [1.807, 2.05) is 18.2 Å². The number of fused-ring (bicyclic) bond motifs is 1. The monoisotopic (exact) mass is 450 g/mol. The highest BCUT2D eigenvalue weighted by molar-refractivity contribution is 9.11. The van der Waals surface area contributed by atoms with Gasteiger partial charge >= 0.3 is 0 Å². The van der Waals surface area contributed by atoms with Crippen LogP contribution in [0, 0.1) is 0 Å². The van der Waals surface area contributed by atoms with Crippen LogP contribution in [-0.4, -0.2) is 11.5 Å². The second-order valence-electron chi connectivity index (χ2n) is 5.67. The number of aryl methyl sites for hydroxylation is 1. The first kappa shape index (κ1) is 17.4. The number of hydrogen-bond acceptors (Lipinski definition) is 2. The minimum Gasteiger partial charge on any atom is -0.455 e. The minimum absolute atomic E-state index is 0.781. The van der Waals surface area contributed by atoms with E-state index in [2.05, 4.69) is 74.3 Å². The Labute approximate surface area is 159 Å². The van der Waals surface area contributed by atoms with Crippen molar-refractivity contribution in [3.05, 3.63) is 51.0 Å². The van der Waals surface area contributed by atoms with Crippen molar-refractivity contribution in [3.8, 4) is 11.5 Å². The Morgan fingerprint density at radius 3 is 2.50 bits per heavy atom. The largest absolute Gasteiger partial charge is 0.455 e. The zero-order valence-electron chi connectivity index (χ0n) is 13.7. The Morgan fingerprint density at radius 2 is 1.83 bits per heavy atom. The molecule has 0 bridgehead atoms. The molecule has 0 aliphatic heterocycles. The second kappa shape index (κ2) is 7.62. The lowest BCUT2D eigenvalue weighted by Crippen LogP contribution is -1.97. The van der Waals surface area contributed by atoms with E-state index in [0.717, 1.165) is 51.0 Å². The normalized spacial score (nSPS) is 11.0. The van der Waals surface area contributed by atoms with Crippen LogP contribution in [-0.2, 0) is 6.42 Å². The van der Waals surface area contributed by atoms with Crippen molar-refractivity contribution in [1.82, 2.24) is 4.98 Å². The van der Waals surface area contributed by atoms with Gasteiger partial charge in [-0.2, -0.15) is 0 Å². The zero-order chi connectivity index (χ0) is 17.1. The number of aromatic nitrogens is 1. The minimum atomic E-state index is 0.781. The van der Waals surface area contributed by atoms with Gasteiger partial charge < -0.3 is 15.0 Å². The van der Waals surface area contributed by atoms with Crippen LogP contribution in [0.3, 0.4) is 0 Å². The molecule has 2 aromatic carbocycles. The molecule has 0 atom stereocenters. The molecule has 3 rings (SSSR count). The van der Waals surface area contributed by atoms with Crippen LogP contribution >= 0.6 is 31.9 Å². The summed E-state index contributed by atoms with van der Waals surface area (Å²) >= 11 is 7.21. The molecule has 3 aromatic rings. The molecule has 0 unspecified atom stereocenters. The average Bonchev–Trinajstić information content (AvgIpc) is 2.94. The van der Waals surface area contributed by atoms with Crippen LogP contribution in [0.15, 0.2) is 45.5 Å². The number of anilines is 1. The van der Waals surface area contributed by atoms with E-state index in [1.165, 1.54) is 10.9 Å². The number of aromatic amines is 1. The van der Waals surface area contributed by atoms with E-state index in [4.69, 9.17) is 4.74 Å². The maximum atomic E-state index is 6.15. The van der Waals surface area contributed by atoms with Crippen LogP contribution in [0.2, 0.25) is 0 Å². The lowest BCUT2D eigenvalue weighted by atomic mass is 10.1. The SMILES string of the molecule is CCCc1c[nH]c2ccc(Oc3c(Br)cc(NCC)cc3Br)cc12. The third-order valence-corrected chi connectivity index (χ3v) is 5.04. The summed E-state index contributed by atoms with van der Waals surface area (Å²) in [4.78, 5) is 3.33. The molecule has 5 heteroatoms. The Bertz CT molecular complexity index is 835. The van der Waals surface area contributed by atoms with Gasteiger partial charge in [-0.15, -0.1) is 0 Å². The van der Waals surface area contributed by atoms with Gasteiger partial charge in [0.15, 0.2) is 5.75 Å². The summed E-state index contributed by atoms with van der Waals surface area (Å²) in [6.07, 6.45) is 4.28. The van der Waals surface area contributed by atoms with Gasteiger partial charge in [0.05, 0.1) is 8.95 Å². The van der Waals surface area contributed by atoms with Gasteiger partial charge in [0.1, 0.15) is 5.75 Å². The van der Waals surface area contributed by atoms with Gasteiger partial charge in [-0.05, 0) is 81.1 Å². The number of rotatable bonds is 6. The lowest BCUT2D eigenvalue weighted by molar-refractivity contribution is 0.477. The highest BCUT2D eigenvalue weighted by Crippen LogP contribution is 2.40. The number of hydrogen-bond donors (Lipinski definition) is 2. The number of benzene rings is 2. The predicted molar refractivity (Wildman–Crippen MR) is 108 cm³/mol. The summed E-state index contributed by atoms with van der Waals surface area (Å²) in [7, 11) is 0. The molecule has 0 aliphatic carbocycles. The van der Waals surface area contributed by atoms with Gasteiger partial charge in [-0.3, -0.25) is 0 Å². The first-order valence-electron chi connectivity index (χ1n) is 8.13. The van der Waals surface area contributed by atoms with Crippen molar-refractivity contribution < 1.29 is 4.74 Å². The molecule has 0 amide bonds. The summed E-state index contributed by atoms with van der Waals surface area (Å²) in [5.41, 5.74) is 3.53. The fourth-order valence-corrected chi connectivity index (χ4v) is 4.13. The zero-order valence-corrected chi connectivity index (χ0v) is 16.9. The quantitative estimate of drug-likeness (QED) is 0.429. The molecule has 3 nitrogen and oxygen atoms in total. The summed E-state index contributed by atoms with van der Waals surface area (Å²) in [6.45, 7) is 5.15. The van der Waals surface area contributed by atoms with Crippen molar-refractivity contribution in [1.29, 1.82) is 0 Å². The summed E-state index contributed by atoms with van der Waals surface area (Å²) in [6, 6.07) is 10.2. The Morgan fingerprint density at radius 1 is 1.08 bits per heavy atom. The molecule has 1 aromatic heterocycles. The summed E-state index contributed by atoms with van der Waals surface area (Å²) in [5.74, 6) is 1.61. The van der Waals surface area contributed by atoms with E-state index >= 15 is 0 Å². The highest BCUT2D eigenvalue weighted by atomic mass is 79.9. The van der Waals surface area contributed by atoms with Crippen LogP contribution in [0.5, 0.6) is 11.5 Å². The molecule has 0 aliphatic rings.